The van der Waals surface area contributed by atoms with E-state index in [0.717, 1.165) is 40.6 Å². The van der Waals surface area contributed by atoms with Crippen molar-refractivity contribution in [3.63, 3.8) is 0 Å². The summed E-state index contributed by atoms with van der Waals surface area (Å²) in [5.74, 6) is 1.67. The zero-order chi connectivity index (χ0) is 17.4. The molecule has 1 aliphatic heterocycles. The van der Waals surface area contributed by atoms with Crippen LogP contribution in [0.4, 0.5) is 5.00 Å². The van der Waals surface area contributed by atoms with Crippen molar-refractivity contribution in [2.75, 3.05) is 11.9 Å². The van der Waals surface area contributed by atoms with Gasteiger partial charge in [0.2, 0.25) is 0 Å². The van der Waals surface area contributed by atoms with E-state index in [1.54, 1.807) is 11.3 Å². The lowest BCUT2D eigenvalue weighted by atomic mass is 9.85. The van der Waals surface area contributed by atoms with E-state index in [-0.39, 0.29) is 12.1 Å². The fourth-order valence-corrected chi connectivity index (χ4v) is 5.19. The van der Waals surface area contributed by atoms with Crippen molar-refractivity contribution in [1.82, 2.24) is 5.32 Å². The number of nitrogens with one attached hydrogen (secondary N) is 2. The highest BCUT2D eigenvalue weighted by atomic mass is 32.1. The first-order valence-electron chi connectivity index (χ1n) is 9.14. The van der Waals surface area contributed by atoms with Crippen LogP contribution in [0.2, 0.25) is 0 Å². The maximum atomic E-state index is 12.8. The Morgan fingerprint density at radius 1 is 1.20 bits per heavy atom. The molecule has 2 aromatic rings. The molecule has 0 fully saturated rings. The molecule has 2 heterocycles. The molecule has 2 aliphatic rings. The second kappa shape index (κ2) is 6.71. The molecular weight excluding hydrogens is 332 g/mol. The summed E-state index contributed by atoms with van der Waals surface area (Å²) >= 11 is 1.77. The SMILES string of the molecule is CCOc1ccc([C@H]2NC(=O)c3c(sc4c3CC[C@H](CC)C4)N2)cc1. The van der Waals surface area contributed by atoms with E-state index in [0.29, 0.717) is 6.61 Å². The molecular formula is C20H24N2O2S. The van der Waals surface area contributed by atoms with E-state index in [4.69, 9.17) is 4.74 Å². The smallest absolute Gasteiger partial charge is 0.256 e. The Morgan fingerprint density at radius 3 is 2.72 bits per heavy atom. The van der Waals surface area contributed by atoms with Gasteiger partial charge in [0.05, 0.1) is 12.2 Å². The molecule has 0 spiro atoms. The minimum atomic E-state index is -0.183. The molecule has 0 saturated heterocycles. The van der Waals surface area contributed by atoms with Crippen molar-refractivity contribution in [2.24, 2.45) is 5.92 Å². The Bertz CT molecular complexity index is 782. The number of hydrogen-bond acceptors (Lipinski definition) is 4. The van der Waals surface area contributed by atoms with E-state index < -0.39 is 0 Å². The number of amides is 1. The zero-order valence-electron chi connectivity index (χ0n) is 14.7. The summed E-state index contributed by atoms with van der Waals surface area (Å²) in [6.45, 7) is 4.89. The monoisotopic (exact) mass is 356 g/mol. The van der Waals surface area contributed by atoms with E-state index in [9.17, 15) is 4.79 Å². The van der Waals surface area contributed by atoms with Gasteiger partial charge >= 0.3 is 0 Å². The minimum absolute atomic E-state index is 0.0556. The van der Waals surface area contributed by atoms with Crippen LogP contribution in [0.1, 0.15) is 59.2 Å². The van der Waals surface area contributed by atoms with Crippen LogP contribution >= 0.6 is 11.3 Å². The first kappa shape index (κ1) is 16.5. The lowest BCUT2D eigenvalue weighted by Crippen LogP contribution is -2.38. The average molecular weight is 356 g/mol. The number of carbonyl (C=O) groups is 1. The highest BCUT2D eigenvalue weighted by Crippen LogP contribution is 2.43. The molecule has 4 nitrogen and oxygen atoms in total. The Hall–Kier alpha value is -2.01. The predicted molar refractivity (Wildman–Crippen MR) is 102 cm³/mol. The third kappa shape index (κ3) is 3.01. The average Bonchev–Trinajstić information content (AvgIpc) is 3.00. The first-order valence-corrected chi connectivity index (χ1v) is 9.96. The van der Waals surface area contributed by atoms with Gasteiger partial charge < -0.3 is 15.4 Å². The number of benzene rings is 1. The van der Waals surface area contributed by atoms with Crippen LogP contribution in [0.25, 0.3) is 0 Å². The summed E-state index contributed by atoms with van der Waals surface area (Å²) < 4.78 is 5.50. The normalized spacial score (nSPS) is 21.8. The van der Waals surface area contributed by atoms with Gasteiger partial charge in [-0.2, -0.15) is 0 Å². The summed E-state index contributed by atoms with van der Waals surface area (Å²) in [5, 5.41) is 7.68. The van der Waals surface area contributed by atoms with E-state index in [2.05, 4.69) is 17.6 Å². The van der Waals surface area contributed by atoms with Gasteiger partial charge in [0.1, 0.15) is 16.9 Å². The fourth-order valence-electron chi connectivity index (χ4n) is 3.80. The number of hydrogen-bond donors (Lipinski definition) is 2. The molecule has 2 N–H and O–H groups in total. The van der Waals surface area contributed by atoms with Crippen molar-refractivity contribution in [2.45, 2.75) is 45.7 Å². The highest BCUT2D eigenvalue weighted by molar-refractivity contribution is 7.16. The second-order valence-electron chi connectivity index (χ2n) is 6.78. The summed E-state index contributed by atoms with van der Waals surface area (Å²) in [7, 11) is 0. The minimum Gasteiger partial charge on any atom is -0.494 e. The Balaban J connectivity index is 1.59. The van der Waals surface area contributed by atoms with Crippen molar-refractivity contribution < 1.29 is 9.53 Å². The van der Waals surface area contributed by atoms with Crippen LogP contribution < -0.4 is 15.4 Å². The largest absolute Gasteiger partial charge is 0.494 e. The van der Waals surface area contributed by atoms with Gasteiger partial charge in [-0.05, 0) is 55.4 Å². The standard InChI is InChI=1S/C20H24N2O2S/c1-3-12-5-10-15-16(11-12)25-20-17(15)19(23)21-18(22-20)13-6-8-14(9-7-13)24-4-2/h6-9,12,18,22H,3-5,10-11H2,1-2H3,(H,21,23)/t12-,18-/m0/s1. The number of anilines is 1. The summed E-state index contributed by atoms with van der Waals surface area (Å²) in [5.41, 5.74) is 3.21. The van der Waals surface area contributed by atoms with E-state index in [1.807, 2.05) is 31.2 Å². The Kier molecular flexibility index (Phi) is 4.42. The maximum Gasteiger partial charge on any atom is 0.256 e. The highest BCUT2D eigenvalue weighted by Gasteiger charge is 2.33. The van der Waals surface area contributed by atoms with Gasteiger partial charge in [-0.25, -0.2) is 0 Å². The number of rotatable bonds is 4. The number of thiophene rings is 1. The molecule has 5 heteroatoms. The van der Waals surface area contributed by atoms with Crippen molar-refractivity contribution >= 4 is 22.2 Å². The van der Waals surface area contributed by atoms with Crippen molar-refractivity contribution in [3.05, 3.63) is 45.8 Å². The molecule has 0 saturated carbocycles. The molecule has 1 amide bonds. The fraction of sp³-hybridized carbons (Fsp3) is 0.450. The lowest BCUT2D eigenvalue weighted by molar-refractivity contribution is 0.0935. The van der Waals surface area contributed by atoms with Gasteiger partial charge in [-0.1, -0.05) is 25.5 Å². The molecule has 1 aliphatic carbocycles. The molecule has 25 heavy (non-hydrogen) atoms. The van der Waals surface area contributed by atoms with Crippen LogP contribution in [-0.2, 0) is 12.8 Å². The van der Waals surface area contributed by atoms with Crippen LogP contribution in [0.15, 0.2) is 24.3 Å². The number of carbonyl (C=O) groups excluding carboxylic acids is 1. The van der Waals surface area contributed by atoms with Crippen molar-refractivity contribution in [3.8, 4) is 5.75 Å². The number of ether oxygens (including phenoxy) is 1. The first-order chi connectivity index (χ1) is 12.2. The summed E-state index contributed by atoms with van der Waals surface area (Å²) in [6.07, 6.45) is 4.38. The number of fused-ring (bicyclic) bond motifs is 3. The van der Waals surface area contributed by atoms with Gasteiger partial charge in [0.25, 0.3) is 5.91 Å². The Labute approximate surface area is 152 Å². The predicted octanol–water partition coefficient (Wildman–Crippen LogP) is 4.52. The molecule has 0 unspecified atom stereocenters. The molecule has 4 rings (SSSR count). The van der Waals surface area contributed by atoms with Gasteiger partial charge in [-0.3, -0.25) is 4.79 Å². The molecule has 1 aromatic carbocycles. The third-order valence-electron chi connectivity index (χ3n) is 5.25. The molecule has 132 valence electrons. The van der Waals surface area contributed by atoms with Gasteiger partial charge in [0, 0.05) is 4.88 Å². The third-order valence-corrected chi connectivity index (χ3v) is 6.43. The maximum absolute atomic E-state index is 12.8. The summed E-state index contributed by atoms with van der Waals surface area (Å²) in [4.78, 5) is 14.2. The zero-order valence-corrected chi connectivity index (χ0v) is 15.5. The van der Waals surface area contributed by atoms with Gasteiger partial charge in [0.15, 0.2) is 0 Å². The van der Waals surface area contributed by atoms with Crippen LogP contribution in [-0.4, -0.2) is 12.5 Å². The topological polar surface area (TPSA) is 50.4 Å². The second-order valence-corrected chi connectivity index (χ2v) is 7.88. The molecule has 0 bridgehead atoms. The van der Waals surface area contributed by atoms with Crippen molar-refractivity contribution in [1.29, 1.82) is 0 Å². The lowest BCUT2D eigenvalue weighted by Gasteiger charge is -2.27. The quantitative estimate of drug-likeness (QED) is 0.847. The molecule has 1 aromatic heterocycles. The van der Waals surface area contributed by atoms with Crippen LogP contribution in [0, 0.1) is 5.92 Å². The molecule has 0 radical (unpaired) electrons. The van der Waals surface area contributed by atoms with E-state index in [1.165, 1.54) is 23.3 Å². The van der Waals surface area contributed by atoms with Crippen LogP contribution in [0.5, 0.6) is 5.75 Å². The summed E-state index contributed by atoms with van der Waals surface area (Å²) in [6, 6.07) is 7.92. The molecule has 2 atom stereocenters. The van der Waals surface area contributed by atoms with E-state index >= 15 is 0 Å². The van der Waals surface area contributed by atoms with Crippen LogP contribution in [0.3, 0.4) is 0 Å². The van der Waals surface area contributed by atoms with Gasteiger partial charge in [-0.15, -0.1) is 11.3 Å². The Morgan fingerprint density at radius 2 is 2.00 bits per heavy atom.